The normalized spacial score (nSPS) is 18.9. The summed E-state index contributed by atoms with van der Waals surface area (Å²) in [4.78, 5) is 4.08. The highest BCUT2D eigenvalue weighted by atomic mass is 32.2. The number of sulfonamides is 1. The minimum Gasteiger partial charge on any atom is -0.473 e. The second-order valence-corrected chi connectivity index (χ2v) is 7.41. The third-order valence-corrected chi connectivity index (χ3v) is 5.51. The first kappa shape index (κ1) is 15.9. The van der Waals surface area contributed by atoms with Crippen LogP contribution in [0.1, 0.15) is 12.0 Å². The predicted molar refractivity (Wildman–Crippen MR) is 83.9 cm³/mol. The van der Waals surface area contributed by atoms with Crippen LogP contribution in [0.15, 0.2) is 48.7 Å². The molecule has 0 bridgehead atoms. The summed E-state index contributed by atoms with van der Waals surface area (Å²) in [5.74, 6) is -0.0183. The zero-order valence-corrected chi connectivity index (χ0v) is 13.2. The zero-order valence-electron chi connectivity index (χ0n) is 12.4. The van der Waals surface area contributed by atoms with E-state index in [1.165, 1.54) is 28.6 Å². The molecule has 1 aliphatic rings. The molecule has 1 aromatic heterocycles. The second-order valence-electron chi connectivity index (χ2n) is 5.44. The van der Waals surface area contributed by atoms with Crippen molar-refractivity contribution in [2.45, 2.75) is 18.3 Å². The van der Waals surface area contributed by atoms with E-state index in [0.29, 0.717) is 31.0 Å². The van der Waals surface area contributed by atoms with Gasteiger partial charge >= 0.3 is 0 Å². The standard InChI is InChI=1S/C16H17FN2O3S/c17-14-6-4-13(5-7-14)12-23(20,21)19-10-8-15(11-19)22-16-3-1-2-9-18-16/h1-7,9,15H,8,10-12H2. The van der Waals surface area contributed by atoms with Crippen LogP contribution in [0.3, 0.4) is 0 Å². The summed E-state index contributed by atoms with van der Waals surface area (Å²) in [5.41, 5.74) is 0.570. The van der Waals surface area contributed by atoms with Crippen molar-refractivity contribution in [3.63, 3.8) is 0 Å². The smallest absolute Gasteiger partial charge is 0.218 e. The van der Waals surface area contributed by atoms with Crippen molar-refractivity contribution in [1.82, 2.24) is 9.29 Å². The molecule has 0 spiro atoms. The molecule has 2 aromatic rings. The Morgan fingerprint density at radius 2 is 2.00 bits per heavy atom. The molecule has 122 valence electrons. The van der Waals surface area contributed by atoms with E-state index in [2.05, 4.69) is 4.98 Å². The third-order valence-electron chi connectivity index (χ3n) is 3.69. The topological polar surface area (TPSA) is 59.5 Å². The van der Waals surface area contributed by atoms with Crippen LogP contribution in [-0.4, -0.2) is 36.9 Å². The highest BCUT2D eigenvalue weighted by molar-refractivity contribution is 7.88. The molecular formula is C16H17FN2O3S. The predicted octanol–water partition coefficient (Wildman–Crippen LogP) is 2.20. The quantitative estimate of drug-likeness (QED) is 0.840. The average molecular weight is 336 g/mol. The number of rotatable bonds is 5. The highest BCUT2D eigenvalue weighted by Crippen LogP contribution is 2.21. The number of ether oxygens (including phenoxy) is 1. The van der Waals surface area contributed by atoms with E-state index in [0.717, 1.165) is 0 Å². The molecule has 7 heteroatoms. The fraction of sp³-hybridized carbons (Fsp3) is 0.312. The first-order chi connectivity index (χ1) is 11.0. The summed E-state index contributed by atoms with van der Waals surface area (Å²) in [7, 11) is -3.44. The van der Waals surface area contributed by atoms with E-state index in [1.807, 2.05) is 6.07 Å². The molecule has 1 unspecified atom stereocenters. The number of aromatic nitrogens is 1. The van der Waals surface area contributed by atoms with Crippen molar-refractivity contribution in [2.24, 2.45) is 0 Å². The average Bonchev–Trinajstić information content (AvgIpc) is 3.00. The Hall–Kier alpha value is -1.99. The van der Waals surface area contributed by atoms with Gasteiger partial charge in [-0.15, -0.1) is 0 Å². The van der Waals surface area contributed by atoms with Crippen molar-refractivity contribution < 1.29 is 17.5 Å². The lowest BCUT2D eigenvalue weighted by molar-refractivity contribution is 0.207. The molecular weight excluding hydrogens is 319 g/mol. The molecule has 0 radical (unpaired) electrons. The van der Waals surface area contributed by atoms with Crippen LogP contribution < -0.4 is 4.74 Å². The zero-order chi connectivity index (χ0) is 16.3. The lowest BCUT2D eigenvalue weighted by Crippen LogP contribution is -2.32. The van der Waals surface area contributed by atoms with E-state index in [9.17, 15) is 12.8 Å². The van der Waals surface area contributed by atoms with Crippen molar-refractivity contribution >= 4 is 10.0 Å². The Balaban J connectivity index is 1.62. The number of halogens is 1. The number of hydrogen-bond acceptors (Lipinski definition) is 4. The SMILES string of the molecule is O=S(=O)(Cc1ccc(F)cc1)N1CCC(Oc2ccccn2)C1. The number of benzene rings is 1. The largest absolute Gasteiger partial charge is 0.473 e. The van der Waals surface area contributed by atoms with Crippen molar-refractivity contribution in [3.05, 3.63) is 60.0 Å². The van der Waals surface area contributed by atoms with Gasteiger partial charge in [-0.2, -0.15) is 4.31 Å². The summed E-state index contributed by atoms with van der Waals surface area (Å²) in [6, 6.07) is 10.9. The van der Waals surface area contributed by atoms with Gasteiger partial charge in [0.1, 0.15) is 11.9 Å². The fourth-order valence-electron chi connectivity index (χ4n) is 2.52. The molecule has 5 nitrogen and oxygen atoms in total. The van der Waals surface area contributed by atoms with Crippen LogP contribution in [0.5, 0.6) is 5.88 Å². The van der Waals surface area contributed by atoms with Gasteiger partial charge in [-0.1, -0.05) is 18.2 Å². The Morgan fingerprint density at radius 1 is 1.22 bits per heavy atom. The van der Waals surface area contributed by atoms with Crippen molar-refractivity contribution in [3.8, 4) is 5.88 Å². The van der Waals surface area contributed by atoms with Crippen LogP contribution >= 0.6 is 0 Å². The van der Waals surface area contributed by atoms with Gasteiger partial charge in [0, 0.05) is 18.8 Å². The maximum atomic E-state index is 12.9. The summed E-state index contributed by atoms with van der Waals surface area (Å²) in [6.07, 6.45) is 2.06. The second kappa shape index (κ2) is 6.64. The van der Waals surface area contributed by atoms with Crippen LogP contribution in [0.4, 0.5) is 4.39 Å². The Morgan fingerprint density at radius 3 is 2.70 bits per heavy atom. The Labute approximate surface area is 134 Å². The molecule has 0 saturated carbocycles. The van der Waals surface area contributed by atoms with E-state index < -0.39 is 10.0 Å². The summed E-state index contributed by atoms with van der Waals surface area (Å²) in [5, 5.41) is 0. The number of hydrogen-bond donors (Lipinski definition) is 0. The maximum absolute atomic E-state index is 12.9. The summed E-state index contributed by atoms with van der Waals surface area (Å²) >= 11 is 0. The number of pyridine rings is 1. The lowest BCUT2D eigenvalue weighted by Gasteiger charge is -2.17. The Kier molecular flexibility index (Phi) is 4.58. The molecule has 23 heavy (non-hydrogen) atoms. The molecule has 1 atom stereocenters. The van der Waals surface area contributed by atoms with Crippen molar-refractivity contribution in [1.29, 1.82) is 0 Å². The fourth-order valence-corrected chi connectivity index (χ4v) is 4.09. The van der Waals surface area contributed by atoms with Crippen molar-refractivity contribution in [2.75, 3.05) is 13.1 Å². The van der Waals surface area contributed by atoms with Gasteiger partial charge in [-0.25, -0.2) is 17.8 Å². The monoisotopic (exact) mass is 336 g/mol. The molecule has 1 saturated heterocycles. The molecule has 1 fully saturated rings. The summed E-state index contributed by atoms with van der Waals surface area (Å²) in [6.45, 7) is 0.723. The van der Waals surface area contributed by atoms with E-state index >= 15 is 0 Å². The molecule has 0 amide bonds. The van der Waals surface area contributed by atoms with Gasteiger partial charge in [0.15, 0.2) is 0 Å². The van der Waals surface area contributed by atoms with Crippen LogP contribution in [-0.2, 0) is 15.8 Å². The minimum atomic E-state index is -3.44. The van der Waals surface area contributed by atoms with E-state index in [1.54, 1.807) is 18.3 Å². The van der Waals surface area contributed by atoms with Gasteiger partial charge in [0.2, 0.25) is 15.9 Å². The van der Waals surface area contributed by atoms with Crippen LogP contribution in [0.2, 0.25) is 0 Å². The third kappa shape index (κ3) is 4.05. The van der Waals surface area contributed by atoms with E-state index in [-0.39, 0.29) is 17.7 Å². The Bertz CT molecular complexity index is 751. The minimum absolute atomic E-state index is 0.135. The maximum Gasteiger partial charge on any atom is 0.218 e. The molecule has 0 aliphatic carbocycles. The number of nitrogens with zero attached hydrogens (tertiary/aromatic N) is 2. The summed E-state index contributed by atoms with van der Waals surface area (Å²) < 4.78 is 44.9. The molecule has 1 aliphatic heterocycles. The van der Waals surface area contributed by atoms with Crippen LogP contribution in [0.25, 0.3) is 0 Å². The van der Waals surface area contributed by atoms with E-state index in [4.69, 9.17) is 4.74 Å². The van der Waals surface area contributed by atoms with Gasteiger partial charge < -0.3 is 4.74 Å². The highest BCUT2D eigenvalue weighted by Gasteiger charge is 2.32. The molecule has 0 N–H and O–H groups in total. The lowest BCUT2D eigenvalue weighted by atomic mass is 10.2. The molecule has 3 rings (SSSR count). The van der Waals surface area contributed by atoms with Gasteiger partial charge in [0.25, 0.3) is 0 Å². The van der Waals surface area contributed by atoms with Gasteiger partial charge in [-0.3, -0.25) is 0 Å². The first-order valence-corrected chi connectivity index (χ1v) is 8.94. The first-order valence-electron chi connectivity index (χ1n) is 7.33. The van der Waals surface area contributed by atoms with Gasteiger partial charge in [0.05, 0.1) is 12.3 Å². The van der Waals surface area contributed by atoms with Crippen LogP contribution in [0, 0.1) is 5.82 Å². The molecule has 2 heterocycles. The molecule has 1 aromatic carbocycles. The van der Waals surface area contributed by atoms with Gasteiger partial charge in [-0.05, 0) is 30.2 Å².